The van der Waals surface area contributed by atoms with Gasteiger partial charge in [0.05, 0.1) is 12.2 Å². The van der Waals surface area contributed by atoms with Crippen molar-refractivity contribution < 1.29 is 19.4 Å². The third-order valence-corrected chi connectivity index (χ3v) is 3.74. The molecule has 0 radical (unpaired) electrons. The number of carbonyl (C=O) groups excluding carboxylic acids is 1. The summed E-state index contributed by atoms with van der Waals surface area (Å²) in [6.07, 6.45) is 1.48. The van der Waals surface area contributed by atoms with Gasteiger partial charge in [-0.05, 0) is 56.7 Å². The smallest absolute Gasteiger partial charge is 0.348 e. The Bertz CT molecular complexity index is 901. The third-order valence-electron chi connectivity index (χ3n) is 3.74. The minimum absolute atomic E-state index is 0.0820. The SMILES string of the molecule is CCOC(=O)C(C#N)=Cc1cc(C)n(-c2cccc(C(=O)O)c2)c1C. The van der Waals surface area contributed by atoms with E-state index in [0.29, 0.717) is 11.3 Å². The predicted octanol–water partition coefficient (Wildman–Crippen LogP) is 3.26. The number of nitriles is 1. The van der Waals surface area contributed by atoms with Crippen LogP contribution < -0.4 is 0 Å². The molecular formula is C19H18N2O4. The van der Waals surface area contributed by atoms with Crippen LogP contribution in [0.25, 0.3) is 11.8 Å². The van der Waals surface area contributed by atoms with Crippen molar-refractivity contribution in [3.63, 3.8) is 0 Å². The first-order valence-corrected chi connectivity index (χ1v) is 7.70. The summed E-state index contributed by atoms with van der Waals surface area (Å²) < 4.78 is 6.74. The lowest BCUT2D eigenvalue weighted by Gasteiger charge is -2.10. The highest BCUT2D eigenvalue weighted by Gasteiger charge is 2.15. The number of hydrogen-bond acceptors (Lipinski definition) is 4. The van der Waals surface area contributed by atoms with E-state index in [-0.39, 0.29) is 17.7 Å². The lowest BCUT2D eigenvalue weighted by atomic mass is 10.1. The van der Waals surface area contributed by atoms with Gasteiger partial charge in [0.15, 0.2) is 0 Å². The summed E-state index contributed by atoms with van der Waals surface area (Å²) in [6.45, 7) is 5.58. The van der Waals surface area contributed by atoms with Crippen LogP contribution >= 0.6 is 0 Å². The minimum Gasteiger partial charge on any atom is -0.478 e. The highest BCUT2D eigenvalue weighted by atomic mass is 16.5. The number of nitrogens with zero attached hydrogens (tertiary/aromatic N) is 2. The maximum absolute atomic E-state index is 11.8. The molecule has 0 spiro atoms. The monoisotopic (exact) mass is 338 g/mol. The van der Waals surface area contributed by atoms with Gasteiger partial charge >= 0.3 is 11.9 Å². The summed E-state index contributed by atoms with van der Waals surface area (Å²) in [7, 11) is 0. The van der Waals surface area contributed by atoms with Crippen LogP contribution in [0.5, 0.6) is 0 Å². The second kappa shape index (κ2) is 7.49. The van der Waals surface area contributed by atoms with Crippen LogP contribution in [-0.4, -0.2) is 28.2 Å². The van der Waals surface area contributed by atoms with Gasteiger partial charge in [-0.15, -0.1) is 0 Å². The van der Waals surface area contributed by atoms with Gasteiger partial charge < -0.3 is 14.4 Å². The molecule has 0 aliphatic heterocycles. The standard InChI is InChI=1S/C19H18N2O4/c1-4-25-19(24)16(11-20)9-15-8-12(2)21(13(15)3)17-7-5-6-14(10-17)18(22)23/h5-10H,4H2,1-3H3,(H,22,23). The van der Waals surface area contributed by atoms with Gasteiger partial charge in [-0.2, -0.15) is 5.26 Å². The largest absolute Gasteiger partial charge is 0.478 e. The van der Waals surface area contributed by atoms with E-state index in [1.807, 2.05) is 30.6 Å². The number of carboxylic acids is 1. The number of hydrogen-bond donors (Lipinski definition) is 1. The molecule has 1 aromatic heterocycles. The third kappa shape index (κ3) is 3.78. The summed E-state index contributed by atoms with van der Waals surface area (Å²) in [4.78, 5) is 23.0. The Balaban J connectivity index is 2.52. The Hall–Kier alpha value is -3.33. The summed E-state index contributed by atoms with van der Waals surface area (Å²) in [5, 5.41) is 18.3. The Morgan fingerprint density at radius 2 is 2.04 bits per heavy atom. The number of ether oxygens (including phenoxy) is 1. The first-order chi connectivity index (χ1) is 11.9. The molecule has 0 bridgehead atoms. The number of esters is 1. The van der Waals surface area contributed by atoms with Crippen molar-refractivity contribution >= 4 is 18.0 Å². The molecule has 0 unspecified atom stereocenters. The van der Waals surface area contributed by atoms with Crippen LogP contribution in [0.2, 0.25) is 0 Å². The van der Waals surface area contributed by atoms with Crippen molar-refractivity contribution in [3.05, 3.63) is 58.4 Å². The molecule has 0 aliphatic rings. The zero-order valence-corrected chi connectivity index (χ0v) is 14.2. The molecule has 128 valence electrons. The maximum atomic E-state index is 11.8. The van der Waals surface area contributed by atoms with Crippen LogP contribution in [0.4, 0.5) is 0 Å². The van der Waals surface area contributed by atoms with Gasteiger partial charge in [-0.1, -0.05) is 6.07 Å². The van der Waals surface area contributed by atoms with E-state index in [2.05, 4.69) is 0 Å². The first kappa shape index (κ1) is 18.0. The molecule has 0 atom stereocenters. The number of carbonyl (C=O) groups is 2. The molecule has 1 N–H and O–H groups in total. The van der Waals surface area contributed by atoms with Crippen LogP contribution in [-0.2, 0) is 9.53 Å². The maximum Gasteiger partial charge on any atom is 0.348 e. The highest BCUT2D eigenvalue weighted by molar-refractivity contribution is 5.98. The van der Waals surface area contributed by atoms with Crippen LogP contribution in [0.1, 0.15) is 34.2 Å². The van der Waals surface area contributed by atoms with E-state index in [9.17, 15) is 14.9 Å². The van der Waals surface area contributed by atoms with E-state index in [1.54, 1.807) is 25.1 Å². The van der Waals surface area contributed by atoms with E-state index in [4.69, 9.17) is 9.84 Å². The van der Waals surface area contributed by atoms with Crippen molar-refractivity contribution in [2.75, 3.05) is 6.61 Å². The van der Waals surface area contributed by atoms with Gasteiger partial charge in [0.25, 0.3) is 0 Å². The molecule has 1 heterocycles. The van der Waals surface area contributed by atoms with E-state index >= 15 is 0 Å². The zero-order valence-electron chi connectivity index (χ0n) is 14.2. The van der Waals surface area contributed by atoms with Crippen LogP contribution in [0, 0.1) is 25.2 Å². The Labute approximate surface area is 145 Å². The van der Waals surface area contributed by atoms with Crippen LogP contribution in [0.3, 0.4) is 0 Å². The second-order valence-electron chi connectivity index (χ2n) is 5.41. The Morgan fingerprint density at radius 1 is 1.32 bits per heavy atom. The van der Waals surface area contributed by atoms with Gasteiger partial charge in [0, 0.05) is 17.1 Å². The molecule has 0 fully saturated rings. The zero-order chi connectivity index (χ0) is 18.6. The first-order valence-electron chi connectivity index (χ1n) is 7.70. The van der Waals surface area contributed by atoms with Gasteiger partial charge in [-0.3, -0.25) is 0 Å². The predicted molar refractivity (Wildman–Crippen MR) is 92.4 cm³/mol. The van der Waals surface area contributed by atoms with Crippen molar-refractivity contribution in [1.29, 1.82) is 5.26 Å². The number of aromatic carboxylic acids is 1. The summed E-state index contributed by atoms with van der Waals surface area (Å²) in [5.74, 6) is -1.67. The average Bonchev–Trinajstić information content (AvgIpc) is 2.86. The molecule has 0 saturated carbocycles. The molecule has 6 nitrogen and oxygen atoms in total. The Kier molecular flexibility index (Phi) is 5.40. The van der Waals surface area contributed by atoms with Crippen LogP contribution in [0.15, 0.2) is 35.9 Å². The number of rotatable bonds is 5. The quantitative estimate of drug-likeness (QED) is 0.513. The Morgan fingerprint density at radius 3 is 2.64 bits per heavy atom. The van der Waals surface area contributed by atoms with Gasteiger partial charge in [0.2, 0.25) is 0 Å². The molecule has 2 rings (SSSR count). The fourth-order valence-corrected chi connectivity index (χ4v) is 2.61. The number of aromatic nitrogens is 1. The van der Waals surface area contributed by atoms with E-state index in [1.165, 1.54) is 12.1 Å². The van der Waals surface area contributed by atoms with Crippen molar-refractivity contribution in [2.45, 2.75) is 20.8 Å². The summed E-state index contributed by atoms with van der Waals surface area (Å²) in [5.41, 5.74) is 3.14. The molecule has 0 saturated heterocycles. The number of aryl methyl sites for hydroxylation is 1. The van der Waals surface area contributed by atoms with E-state index < -0.39 is 11.9 Å². The molecule has 6 heteroatoms. The molecular weight excluding hydrogens is 320 g/mol. The van der Waals surface area contributed by atoms with E-state index in [0.717, 1.165) is 11.4 Å². The molecule has 1 aromatic carbocycles. The highest BCUT2D eigenvalue weighted by Crippen LogP contribution is 2.23. The fourth-order valence-electron chi connectivity index (χ4n) is 2.61. The summed E-state index contributed by atoms with van der Waals surface area (Å²) >= 11 is 0. The molecule has 0 aliphatic carbocycles. The van der Waals surface area contributed by atoms with Crippen molar-refractivity contribution in [2.24, 2.45) is 0 Å². The normalized spacial score (nSPS) is 11.0. The number of benzene rings is 1. The van der Waals surface area contributed by atoms with Crippen molar-refractivity contribution in [1.82, 2.24) is 4.57 Å². The average molecular weight is 338 g/mol. The van der Waals surface area contributed by atoms with Crippen molar-refractivity contribution in [3.8, 4) is 11.8 Å². The lowest BCUT2D eigenvalue weighted by molar-refractivity contribution is -0.137. The minimum atomic E-state index is -1.00. The lowest BCUT2D eigenvalue weighted by Crippen LogP contribution is -2.06. The second-order valence-corrected chi connectivity index (χ2v) is 5.41. The molecule has 0 amide bonds. The fraction of sp³-hybridized carbons (Fsp3) is 0.211. The topological polar surface area (TPSA) is 92.3 Å². The molecule has 2 aromatic rings. The summed E-state index contributed by atoms with van der Waals surface area (Å²) in [6, 6.07) is 10.3. The van der Waals surface area contributed by atoms with Gasteiger partial charge in [0.1, 0.15) is 11.6 Å². The molecule has 25 heavy (non-hydrogen) atoms. The number of carboxylic acid groups (broad SMARTS) is 1. The van der Waals surface area contributed by atoms with Gasteiger partial charge in [-0.25, -0.2) is 9.59 Å².